The second-order valence-electron chi connectivity index (χ2n) is 5.95. The number of rotatable bonds is 6. The number of benzene rings is 2. The van der Waals surface area contributed by atoms with Crippen molar-refractivity contribution in [3.63, 3.8) is 0 Å². The molecule has 0 aliphatic rings. The summed E-state index contributed by atoms with van der Waals surface area (Å²) < 4.78 is 47.8. The van der Waals surface area contributed by atoms with Gasteiger partial charge in [-0.25, -0.2) is 16.8 Å². The molecular formula is C19H17Cl2FN2O3S. The van der Waals surface area contributed by atoms with Crippen molar-refractivity contribution in [2.45, 2.75) is 11.4 Å². The Kier molecular flexibility index (Phi) is 6.00. The Labute approximate surface area is 172 Å². The highest BCUT2D eigenvalue weighted by molar-refractivity contribution is 7.90. The lowest BCUT2D eigenvalue weighted by Crippen LogP contribution is -2.14. The van der Waals surface area contributed by atoms with Crippen molar-refractivity contribution < 1.29 is 17.5 Å². The molecule has 0 spiro atoms. The van der Waals surface area contributed by atoms with E-state index < -0.39 is 15.8 Å². The van der Waals surface area contributed by atoms with Crippen molar-refractivity contribution >= 4 is 33.2 Å². The zero-order valence-corrected chi connectivity index (χ0v) is 17.4. The molecule has 28 heavy (non-hydrogen) atoms. The van der Waals surface area contributed by atoms with Crippen LogP contribution in [-0.2, 0) is 16.6 Å². The summed E-state index contributed by atoms with van der Waals surface area (Å²) in [4.78, 5) is -0.0238. The third-order valence-corrected chi connectivity index (χ3v) is 6.24. The van der Waals surface area contributed by atoms with Crippen LogP contribution >= 0.6 is 23.2 Å². The van der Waals surface area contributed by atoms with Gasteiger partial charge in [0, 0.05) is 33.9 Å². The molecule has 5 nitrogen and oxygen atoms in total. The van der Waals surface area contributed by atoms with Crippen LogP contribution in [0.15, 0.2) is 53.6 Å². The minimum absolute atomic E-state index is 0.0238. The van der Waals surface area contributed by atoms with Crippen LogP contribution in [0.2, 0.25) is 10.0 Å². The Morgan fingerprint density at radius 3 is 2.46 bits per heavy atom. The summed E-state index contributed by atoms with van der Waals surface area (Å²) in [6.07, 6.45) is 1.41. The number of halogens is 3. The smallest absolute Gasteiger partial charge is 0.268 e. The Balaban J connectivity index is 2.34. The third-order valence-electron chi connectivity index (χ3n) is 4.11. The number of hydrogen-bond acceptors (Lipinski definition) is 4. The molecule has 0 unspecified atom stereocenters. The fourth-order valence-electron chi connectivity index (χ4n) is 2.91. The monoisotopic (exact) mass is 442 g/mol. The first-order valence-electron chi connectivity index (χ1n) is 8.19. The average Bonchev–Trinajstić information content (AvgIpc) is 3.01. The minimum atomic E-state index is -4.07. The van der Waals surface area contributed by atoms with Crippen LogP contribution in [0, 0.1) is 5.82 Å². The van der Waals surface area contributed by atoms with E-state index in [1.807, 2.05) is 0 Å². The van der Waals surface area contributed by atoms with E-state index in [1.165, 1.54) is 43.6 Å². The van der Waals surface area contributed by atoms with Gasteiger partial charge in [-0.2, -0.15) is 0 Å². The highest BCUT2D eigenvalue weighted by Gasteiger charge is 2.28. The van der Waals surface area contributed by atoms with Crippen LogP contribution in [0.1, 0.15) is 5.56 Å². The second-order valence-corrected chi connectivity index (χ2v) is 8.64. The number of methoxy groups -OCH3 is 1. The quantitative estimate of drug-likeness (QED) is 0.607. The highest BCUT2D eigenvalue weighted by atomic mass is 35.5. The van der Waals surface area contributed by atoms with Gasteiger partial charge in [0.15, 0.2) is 0 Å². The molecule has 1 aromatic heterocycles. The van der Waals surface area contributed by atoms with Gasteiger partial charge in [0.25, 0.3) is 10.0 Å². The van der Waals surface area contributed by atoms with Crippen molar-refractivity contribution in [3.05, 3.63) is 70.1 Å². The molecule has 0 atom stereocenters. The predicted molar refractivity (Wildman–Crippen MR) is 108 cm³/mol. The topological polar surface area (TPSA) is 60.3 Å². The van der Waals surface area contributed by atoms with Gasteiger partial charge in [-0.05, 0) is 43.4 Å². The largest absolute Gasteiger partial charge is 0.494 e. The molecule has 0 radical (unpaired) electrons. The predicted octanol–water partition coefficient (Wildman–Crippen LogP) is 4.57. The van der Waals surface area contributed by atoms with Gasteiger partial charge in [0.1, 0.15) is 17.3 Å². The molecule has 9 heteroatoms. The summed E-state index contributed by atoms with van der Waals surface area (Å²) in [5, 5.41) is 3.42. The molecule has 0 saturated carbocycles. The number of nitrogens with one attached hydrogen (secondary N) is 1. The first-order chi connectivity index (χ1) is 13.3. The molecular weight excluding hydrogens is 426 g/mol. The van der Waals surface area contributed by atoms with E-state index in [9.17, 15) is 12.8 Å². The Morgan fingerprint density at radius 2 is 1.86 bits per heavy atom. The van der Waals surface area contributed by atoms with Gasteiger partial charge in [-0.1, -0.05) is 29.3 Å². The lowest BCUT2D eigenvalue weighted by molar-refractivity contribution is 0.411. The zero-order valence-electron chi connectivity index (χ0n) is 15.0. The average molecular weight is 443 g/mol. The summed E-state index contributed by atoms with van der Waals surface area (Å²) in [6, 6.07) is 9.90. The summed E-state index contributed by atoms with van der Waals surface area (Å²) in [5.41, 5.74) is 0.677. The number of nitrogens with zero attached hydrogens (tertiary/aromatic N) is 1. The number of ether oxygens (including phenoxy) is 1. The van der Waals surface area contributed by atoms with Gasteiger partial charge in [0.2, 0.25) is 0 Å². The molecule has 0 saturated heterocycles. The summed E-state index contributed by atoms with van der Waals surface area (Å²) in [6.45, 7) is 0.323. The lowest BCUT2D eigenvalue weighted by atomic mass is 10.1. The van der Waals surface area contributed by atoms with E-state index >= 15 is 0 Å². The third kappa shape index (κ3) is 3.75. The van der Waals surface area contributed by atoms with Crippen LogP contribution in [0.3, 0.4) is 0 Å². The second kappa shape index (κ2) is 8.13. The Morgan fingerprint density at radius 1 is 1.14 bits per heavy atom. The molecule has 0 aliphatic carbocycles. The summed E-state index contributed by atoms with van der Waals surface area (Å²) in [5.74, 6) is -0.413. The molecule has 3 aromatic rings. The maximum Gasteiger partial charge on any atom is 0.268 e. The minimum Gasteiger partial charge on any atom is -0.494 e. The van der Waals surface area contributed by atoms with E-state index in [-0.39, 0.29) is 31.9 Å². The molecule has 0 aliphatic heterocycles. The zero-order chi connectivity index (χ0) is 20.5. The van der Waals surface area contributed by atoms with E-state index in [0.29, 0.717) is 12.1 Å². The lowest BCUT2D eigenvalue weighted by Gasteiger charge is -2.13. The van der Waals surface area contributed by atoms with Crippen molar-refractivity contribution in [3.8, 4) is 17.0 Å². The first-order valence-corrected chi connectivity index (χ1v) is 10.4. The molecule has 3 rings (SSSR count). The van der Waals surface area contributed by atoms with E-state index in [4.69, 9.17) is 27.9 Å². The van der Waals surface area contributed by atoms with Gasteiger partial charge in [-0.3, -0.25) is 0 Å². The molecule has 0 fully saturated rings. The van der Waals surface area contributed by atoms with Crippen molar-refractivity contribution in [2.24, 2.45) is 0 Å². The summed E-state index contributed by atoms with van der Waals surface area (Å²) >= 11 is 11.8. The van der Waals surface area contributed by atoms with Crippen molar-refractivity contribution in [1.29, 1.82) is 0 Å². The van der Waals surface area contributed by atoms with Crippen LogP contribution in [0.25, 0.3) is 11.3 Å². The molecule has 148 valence electrons. The number of hydrogen-bond donors (Lipinski definition) is 1. The van der Waals surface area contributed by atoms with Gasteiger partial charge in [0.05, 0.1) is 12.0 Å². The van der Waals surface area contributed by atoms with E-state index in [1.54, 1.807) is 13.1 Å². The summed E-state index contributed by atoms with van der Waals surface area (Å²) in [7, 11) is -0.954. The SMILES string of the molecule is CNCc1cn(S(=O)(=O)c2cccc(Cl)c2)c(-c2ccc(Cl)cc2F)c1OC. The molecule has 2 aromatic carbocycles. The van der Waals surface area contributed by atoms with Crippen molar-refractivity contribution in [2.75, 3.05) is 14.2 Å². The Hall–Kier alpha value is -2.06. The van der Waals surface area contributed by atoms with E-state index in [2.05, 4.69) is 5.32 Å². The maximum atomic E-state index is 14.7. The molecule has 1 heterocycles. The molecule has 0 amide bonds. The van der Waals surface area contributed by atoms with Gasteiger partial charge >= 0.3 is 0 Å². The first kappa shape index (κ1) is 20.7. The molecule has 1 N–H and O–H groups in total. The fourth-order valence-corrected chi connectivity index (χ4v) is 4.77. The van der Waals surface area contributed by atoms with Crippen LogP contribution < -0.4 is 10.1 Å². The van der Waals surface area contributed by atoms with Crippen molar-refractivity contribution in [1.82, 2.24) is 9.29 Å². The number of aromatic nitrogens is 1. The van der Waals surface area contributed by atoms with Gasteiger partial charge in [-0.15, -0.1) is 0 Å². The van der Waals surface area contributed by atoms with Crippen LogP contribution in [0.5, 0.6) is 5.75 Å². The maximum absolute atomic E-state index is 14.7. The Bertz CT molecular complexity index is 1130. The highest BCUT2D eigenvalue weighted by Crippen LogP contribution is 2.39. The fraction of sp³-hybridized carbons (Fsp3) is 0.158. The van der Waals surface area contributed by atoms with E-state index in [0.717, 1.165) is 10.0 Å². The normalized spacial score (nSPS) is 11.6. The van der Waals surface area contributed by atoms with Gasteiger partial charge < -0.3 is 10.1 Å². The van der Waals surface area contributed by atoms with Crippen LogP contribution in [0.4, 0.5) is 4.39 Å². The van der Waals surface area contributed by atoms with Crippen LogP contribution in [-0.4, -0.2) is 26.5 Å². The molecule has 0 bridgehead atoms. The standard InChI is InChI=1S/C19H17Cl2FN2O3S/c1-23-10-12-11-24(28(25,26)15-5-3-4-13(20)8-15)18(19(12)27-2)16-7-6-14(21)9-17(16)22/h3-9,11,23H,10H2,1-2H3.